The van der Waals surface area contributed by atoms with Crippen molar-refractivity contribution in [3.63, 3.8) is 0 Å². The molecule has 0 aliphatic heterocycles. The molecule has 0 amide bonds. The third kappa shape index (κ3) is 3.32. The van der Waals surface area contributed by atoms with Crippen LogP contribution >= 0.6 is 11.8 Å². The Labute approximate surface area is 106 Å². The van der Waals surface area contributed by atoms with E-state index in [-0.39, 0.29) is 0 Å². The maximum Gasteiger partial charge on any atom is 0.0542 e. The molecule has 2 nitrogen and oxygen atoms in total. The molecule has 0 aliphatic rings. The average molecular weight is 244 g/mol. The lowest BCUT2D eigenvalue weighted by Gasteiger charge is -2.06. The lowest BCUT2D eigenvalue weighted by Crippen LogP contribution is -1.99. The van der Waals surface area contributed by atoms with Crippen molar-refractivity contribution in [1.29, 1.82) is 0 Å². The second-order valence-electron chi connectivity index (χ2n) is 3.91. The van der Waals surface area contributed by atoms with Crippen LogP contribution in [0.5, 0.6) is 0 Å². The Morgan fingerprint density at radius 3 is 2.82 bits per heavy atom. The summed E-state index contributed by atoms with van der Waals surface area (Å²) in [5.74, 6) is 0.959. The van der Waals surface area contributed by atoms with Crippen LogP contribution in [-0.4, -0.2) is 4.98 Å². The molecular formula is C14H16N2S. The number of hydrogen-bond acceptors (Lipinski definition) is 3. The van der Waals surface area contributed by atoms with E-state index in [4.69, 9.17) is 5.73 Å². The summed E-state index contributed by atoms with van der Waals surface area (Å²) in [5.41, 5.74) is 9.13. The Kier molecular flexibility index (Phi) is 4.18. The Hall–Kier alpha value is -1.32. The van der Waals surface area contributed by atoms with Gasteiger partial charge in [-0.15, -0.1) is 11.8 Å². The van der Waals surface area contributed by atoms with Crippen LogP contribution in [0.15, 0.2) is 47.5 Å². The van der Waals surface area contributed by atoms with Crippen molar-refractivity contribution in [2.45, 2.75) is 24.1 Å². The van der Waals surface area contributed by atoms with Crippen LogP contribution in [0.2, 0.25) is 0 Å². The summed E-state index contributed by atoms with van der Waals surface area (Å²) in [6.45, 7) is 2.64. The molecular weight excluding hydrogens is 228 g/mol. The van der Waals surface area contributed by atoms with Gasteiger partial charge in [-0.1, -0.05) is 18.2 Å². The van der Waals surface area contributed by atoms with E-state index in [1.165, 1.54) is 16.0 Å². The van der Waals surface area contributed by atoms with Crippen LogP contribution in [0.1, 0.15) is 16.8 Å². The molecule has 0 saturated heterocycles. The molecule has 0 fully saturated rings. The van der Waals surface area contributed by atoms with E-state index in [0.717, 1.165) is 11.4 Å². The van der Waals surface area contributed by atoms with Gasteiger partial charge in [-0.05, 0) is 36.2 Å². The normalized spacial score (nSPS) is 10.5. The number of rotatable bonds is 4. The molecule has 0 unspecified atom stereocenters. The maximum absolute atomic E-state index is 5.58. The smallest absolute Gasteiger partial charge is 0.0542 e. The van der Waals surface area contributed by atoms with E-state index in [1.54, 1.807) is 0 Å². The number of hydrogen-bond donors (Lipinski definition) is 1. The number of thioether (sulfide) groups is 1. The Morgan fingerprint density at radius 2 is 2.06 bits per heavy atom. The van der Waals surface area contributed by atoms with Gasteiger partial charge in [0.25, 0.3) is 0 Å². The lowest BCUT2D eigenvalue weighted by atomic mass is 10.2. The molecule has 1 heterocycles. The quantitative estimate of drug-likeness (QED) is 0.840. The van der Waals surface area contributed by atoms with Gasteiger partial charge in [-0.2, -0.15) is 0 Å². The summed E-state index contributed by atoms with van der Waals surface area (Å²) in [4.78, 5) is 5.53. The number of nitrogens with two attached hydrogens (primary N) is 1. The molecule has 0 aliphatic carbocycles. The van der Waals surface area contributed by atoms with Crippen molar-refractivity contribution < 1.29 is 0 Å². The third-order valence-corrected chi connectivity index (χ3v) is 3.82. The fourth-order valence-electron chi connectivity index (χ4n) is 1.61. The van der Waals surface area contributed by atoms with Crippen molar-refractivity contribution in [1.82, 2.24) is 4.98 Å². The summed E-state index contributed by atoms with van der Waals surface area (Å²) < 4.78 is 0. The average Bonchev–Trinajstić information content (AvgIpc) is 2.38. The number of pyridine rings is 1. The van der Waals surface area contributed by atoms with Crippen LogP contribution < -0.4 is 5.73 Å². The monoisotopic (exact) mass is 244 g/mol. The van der Waals surface area contributed by atoms with Gasteiger partial charge in [0, 0.05) is 23.4 Å². The SMILES string of the molecule is Cc1ccccc1SCc1ccnc(CN)c1. The van der Waals surface area contributed by atoms with E-state index < -0.39 is 0 Å². The summed E-state index contributed by atoms with van der Waals surface area (Å²) in [6.07, 6.45) is 1.83. The topological polar surface area (TPSA) is 38.9 Å². The zero-order valence-corrected chi connectivity index (χ0v) is 10.7. The van der Waals surface area contributed by atoms with Gasteiger partial charge in [0.2, 0.25) is 0 Å². The predicted octanol–water partition coefficient (Wildman–Crippen LogP) is 3.14. The summed E-state index contributed by atoms with van der Waals surface area (Å²) in [5, 5.41) is 0. The minimum Gasteiger partial charge on any atom is -0.325 e. The minimum absolute atomic E-state index is 0.503. The van der Waals surface area contributed by atoms with Gasteiger partial charge in [-0.25, -0.2) is 0 Å². The van der Waals surface area contributed by atoms with E-state index >= 15 is 0 Å². The molecule has 0 bridgehead atoms. The molecule has 2 N–H and O–H groups in total. The van der Waals surface area contributed by atoms with E-state index in [0.29, 0.717) is 6.54 Å². The largest absolute Gasteiger partial charge is 0.325 e. The molecule has 2 aromatic rings. The van der Waals surface area contributed by atoms with E-state index in [2.05, 4.69) is 42.2 Å². The molecule has 2 rings (SSSR count). The Bertz CT molecular complexity index is 497. The number of aromatic nitrogens is 1. The van der Waals surface area contributed by atoms with Crippen LogP contribution in [0.25, 0.3) is 0 Å². The van der Waals surface area contributed by atoms with Crippen molar-refractivity contribution in [2.24, 2.45) is 5.73 Å². The standard InChI is InChI=1S/C14H16N2S/c1-11-4-2-3-5-14(11)17-10-12-6-7-16-13(8-12)9-15/h2-8H,9-10,15H2,1H3. The highest BCUT2D eigenvalue weighted by atomic mass is 32.2. The first-order valence-electron chi connectivity index (χ1n) is 5.62. The minimum atomic E-state index is 0.503. The number of aryl methyl sites for hydroxylation is 1. The van der Waals surface area contributed by atoms with E-state index in [1.807, 2.05) is 24.0 Å². The molecule has 88 valence electrons. The zero-order chi connectivity index (χ0) is 12.1. The van der Waals surface area contributed by atoms with Gasteiger partial charge in [0.05, 0.1) is 5.69 Å². The molecule has 1 aromatic carbocycles. The first kappa shape index (κ1) is 12.1. The lowest BCUT2D eigenvalue weighted by molar-refractivity contribution is 0.983. The molecule has 17 heavy (non-hydrogen) atoms. The molecule has 1 aromatic heterocycles. The highest BCUT2D eigenvalue weighted by Gasteiger charge is 2.00. The molecule has 0 atom stereocenters. The molecule has 0 radical (unpaired) electrons. The first-order chi connectivity index (χ1) is 8.29. The fourth-order valence-corrected chi connectivity index (χ4v) is 2.58. The van der Waals surface area contributed by atoms with Gasteiger partial charge < -0.3 is 5.73 Å². The van der Waals surface area contributed by atoms with E-state index in [9.17, 15) is 0 Å². The van der Waals surface area contributed by atoms with Crippen molar-refractivity contribution in [3.8, 4) is 0 Å². The van der Waals surface area contributed by atoms with Gasteiger partial charge in [-0.3, -0.25) is 4.98 Å². The second-order valence-corrected chi connectivity index (χ2v) is 4.93. The maximum atomic E-state index is 5.58. The van der Waals surface area contributed by atoms with Crippen LogP contribution in [0.3, 0.4) is 0 Å². The third-order valence-electron chi connectivity index (χ3n) is 2.58. The summed E-state index contributed by atoms with van der Waals surface area (Å²) in [7, 11) is 0. The highest BCUT2D eigenvalue weighted by Crippen LogP contribution is 2.25. The molecule has 0 spiro atoms. The van der Waals surface area contributed by atoms with Gasteiger partial charge in [0.1, 0.15) is 0 Å². The Morgan fingerprint density at radius 1 is 1.24 bits per heavy atom. The van der Waals surface area contributed by atoms with Crippen molar-refractivity contribution in [2.75, 3.05) is 0 Å². The number of nitrogens with zero attached hydrogens (tertiary/aromatic N) is 1. The Balaban J connectivity index is 2.05. The van der Waals surface area contributed by atoms with Crippen LogP contribution in [0.4, 0.5) is 0 Å². The second kappa shape index (κ2) is 5.84. The molecule has 3 heteroatoms. The molecule has 0 saturated carbocycles. The fraction of sp³-hybridized carbons (Fsp3) is 0.214. The van der Waals surface area contributed by atoms with Crippen molar-refractivity contribution >= 4 is 11.8 Å². The first-order valence-corrected chi connectivity index (χ1v) is 6.60. The summed E-state index contributed by atoms with van der Waals surface area (Å²) in [6, 6.07) is 12.6. The highest BCUT2D eigenvalue weighted by molar-refractivity contribution is 7.98. The zero-order valence-electron chi connectivity index (χ0n) is 9.89. The predicted molar refractivity (Wildman–Crippen MR) is 72.9 cm³/mol. The number of benzene rings is 1. The summed E-state index contributed by atoms with van der Waals surface area (Å²) >= 11 is 1.85. The van der Waals surface area contributed by atoms with Crippen LogP contribution in [-0.2, 0) is 12.3 Å². The van der Waals surface area contributed by atoms with Gasteiger partial charge in [0.15, 0.2) is 0 Å². The van der Waals surface area contributed by atoms with Crippen molar-refractivity contribution in [3.05, 3.63) is 59.4 Å². The van der Waals surface area contributed by atoms with Gasteiger partial charge >= 0.3 is 0 Å². The van der Waals surface area contributed by atoms with Crippen LogP contribution in [0, 0.1) is 6.92 Å².